The molecule has 138 valence electrons. The number of hydrogen-bond acceptors (Lipinski definition) is 5. The average Bonchev–Trinajstić information content (AvgIpc) is 2.78. The quantitative estimate of drug-likeness (QED) is 0.776. The third-order valence-electron chi connectivity index (χ3n) is 3.99. The van der Waals surface area contributed by atoms with Crippen LogP contribution in [0.5, 0.6) is 0 Å². The molecule has 1 aliphatic rings. The van der Waals surface area contributed by atoms with Gasteiger partial charge in [-0.3, -0.25) is 13.9 Å². The number of anilines is 1. The molecule has 1 aliphatic heterocycles. The predicted octanol–water partition coefficient (Wildman–Crippen LogP) is 1.81. The average molecular weight is 376 g/mol. The molecule has 0 fully saturated rings. The molecular weight excluding hydrogens is 356 g/mol. The van der Waals surface area contributed by atoms with Crippen molar-refractivity contribution in [1.29, 1.82) is 0 Å². The van der Waals surface area contributed by atoms with E-state index in [1.807, 2.05) is 12.1 Å². The molecule has 1 amide bonds. The molecule has 2 aromatic rings. The first-order valence-corrected chi connectivity index (χ1v) is 9.75. The number of benzene rings is 2. The number of amides is 1. The van der Waals surface area contributed by atoms with Gasteiger partial charge in [0.2, 0.25) is 5.91 Å². The Morgan fingerprint density at radius 3 is 2.54 bits per heavy atom. The molecular formula is C18H20N2O5S. The van der Waals surface area contributed by atoms with Crippen molar-refractivity contribution in [3.8, 4) is 0 Å². The fraction of sp³-hybridized carbons (Fsp3) is 0.333. The van der Waals surface area contributed by atoms with Gasteiger partial charge in [-0.1, -0.05) is 24.3 Å². The smallest absolute Gasteiger partial charge is 0.307 e. The lowest BCUT2D eigenvalue weighted by molar-refractivity contribution is -0.147. The lowest BCUT2D eigenvalue weighted by atomic mass is 10.1. The number of carbonyl (C=O) groups excluding carboxylic acids is 2. The summed E-state index contributed by atoms with van der Waals surface area (Å²) in [5.41, 5.74) is 0.493. The SMILES string of the molecule is CC(C)OC(=O)CCNC(=O)CN1c2cccc3cccc(c23)S1(=O)=O. The van der Waals surface area contributed by atoms with Crippen molar-refractivity contribution < 1.29 is 22.7 Å². The normalized spacial score (nSPS) is 14.7. The first-order valence-electron chi connectivity index (χ1n) is 8.31. The van der Waals surface area contributed by atoms with Crippen LogP contribution in [0.4, 0.5) is 5.69 Å². The van der Waals surface area contributed by atoms with E-state index in [4.69, 9.17) is 4.74 Å². The third-order valence-corrected chi connectivity index (χ3v) is 5.79. The Bertz CT molecular complexity index is 963. The highest BCUT2D eigenvalue weighted by molar-refractivity contribution is 7.93. The minimum absolute atomic E-state index is 0.0342. The first kappa shape index (κ1) is 18.2. The summed E-state index contributed by atoms with van der Waals surface area (Å²) < 4.78 is 31.6. The maximum Gasteiger partial charge on any atom is 0.307 e. The van der Waals surface area contributed by atoms with Gasteiger partial charge in [-0.05, 0) is 31.4 Å². The lowest BCUT2D eigenvalue weighted by Gasteiger charge is -2.18. The second-order valence-electron chi connectivity index (χ2n) is 6.28. The van der Waals surface area contributed by atoms with Crippen LogP contribution in [0.1, 0.15) is 20.3 Å². The van der Waals surface area contributed by atoms with E-state index < -0.39 is 21.9 Å². The zero-order valence-corrected chi connectivity index (χ0v) is 15.4. The molecule has 1 heterocycles. The molecule has 0 bridgehead atoms. The molecule has 2 aromatic carbocycles. The van der Waals surface area contributed by atoms with Gasteiger partial charge in [0, 0.05) is 11.9 Å². The summed E-state index contributed by atoms with van der Waals surface area (Å²) in [7, 11) is -3.77. The van der Waals surface area contributed by atoms with Crippen LogP contribution in [0.15, 0.2) is 41.3 Å². The summed E-state index contributed by atoms with van der Waals surface area (Å²) in [5, 5.41) is 4.00. The molecule has 0 radical (unpaired) electrons. The van der Waals surface area contributed by atoms with E-state index in [0.29, 0.717) is 11.1 Å². The number of carbonyl (C=O) groups is 2. The molecule has 3 rings (SSSR count). The van der Waals surface area contributed by atoms with E-state index in [9.17, 15) is 18.0 Å². The van der Waals surface area contributed by atoms with Crippen molar-refractivity contribution in [2.75, 3.05) is 17.4 Å². The van der Waals surface area contributed by atoms with Gasteiger partial charge in [0.05, 0.1) is 23.1 Å². The van der Waals surface area contributed by atoms with E-state index >= 15 is 0 Å². The van der Waals surface area contributed by atoms with Gasteiger partial charge in [0.1, 0.15) is 6.54 Å². The monoisotopic (exact) mass is 376 g/mol. The van der Waals surface area contributed by atoms with Crippen molar-refractivity contribution in [3.63, 3.8) is 0 Å². The molecule has 0 unspecified atom stereocenters. The topological polar surface area (TPSA) is 92.8 Å². The number of nitrogens with one attached hydrogen (secondary N) is 1. The van der Waals surface area contributed by atoms with Crippen LogP contribution >= 0.6 is 0 Å². The Hall–Kier alpha value is -2.61. The van der Waals surface area contributed by atoms with Gasteiger partial charge in [-0.25, -0.2) is 8.42 Å². The van der Waals surface area contributed by atoms with Gasteiger partial charge < -0.3 is 10.1 Å². The number of hydrogen-bond donors (Lipinski definition) is 1. The highest BCUT2D eigenvalue weighted by Crippen LogP contribution is 2.41. The molecule has 0 atom stereocenters. The standard InChI is InChI=1S/C18H20N2O5S/c1-12(2)25-17(22)9-10-19-16(21)11-20-14-7-3-5-13-6-4-8-15(18(13)14)26(20,23)24/h3-8,12H,9-11H2,1-2H3,(H,19,21). The van der Waals surface area contributed by atoms with Crippen molar-refractivity contribution in [3.05, 3.63) is 36.4 Å². The Morgan fingerprint density at radius 1 is 1.15 bits per heavy atom. The lowest BCUT2D eigenvalue weighted by Crippen LogP contribution is -2.39. The second-order valence-corrected chi connectivity index (χ2v) is 8.11. The summed E-state index contributed by atoms with van der Waals surface area (Å²) >= 11 is 0. The number of nitrogens with zero attached hydrogens (tertiary/aromatic N) is 1. The van der Waals surface area contributed by atoms with Crippen LogP contribution in [0.2, 0.25) is 0 Å². The molecule has 0 saturated heterocycles. The summed E-state index contributed by atoms with van der Waals surface area (Å²) in [4.78, 5) is 23.9. The van der Waals surface area contributed by atoms with Gasteiger partial charge in [0.25, 0.3) is 10.0 Å². The van der Waals surface area contributed by atoms with Gasteiger partial charge in [-0.15, -0.1) is 0 Å². The maximum atomic E-state index is 12.8. The molecule has 0 aliphatic carbocycles. The Morgan fingerprint density at radius 2 is 1.85 bits per heavy atom. The maximum absolute atomic E-state index is 12.8. The van der Waals surface area contributed by atoms with E-state index in [0.717, 1.165) is 9.69 Å². The van der Waals surface area contributed by atoms with Crippen LogP contribution in [0, 0.1) is 0 Å². The molecule has 0 saturated carbocycles. The number of esters is 1. The Balaban J connectivity index is 1.70. The van der Waals surface area contributed by atoms with Crippen molar-refractivity contribution in [2.24, 2.45) is 0 Å². The number of rotatable bonds is 6. The molecule has 1 N–H and O–H groups in total. The summed E-state index contributed by atoms with van der Waals surface area (Å²) in [5.74, 6) is -0.887. The zero-order chi connectivity index (χ0) is 18.9. The molecule has 26 heavy (non-hydrogen) atoms. The predicted molar refractivity (Wildman–Crippen MR) is 97.3 cm³/mol. The molecule has 0 aromatic heterocycles. The highest BCUT2D eigenvalue weighted by atomic mass is 32.2. The summed E-state index contributed by atoms with van der Waals surface area (Å²) in [6.07, 6.45) is -0.182. The van der Waals surface area contributed by atoms with Crippen molar-refractivity contribution in [2.45, 2.75) is 31.3 Å². The minimum atomic E-state index is -3.77. The van der Waals surface area contributed by atoms with Gasteiger partial charge >= 0.3 is 5.97 Å². The van der Waals surface area contributed by atoms with Crippen molar-refractivity contribution >= 4 is 38.4 Å². The summed E-state index contributed by atoms with van der Waals surface area (Å²) in [6, 6.07) is 10.3. The minimum Gasteiger partial charge on any atom is -0.463 e. The Kier molecular flexibility index (Phi) is 4.86. The first-order chi connectivity index (χ1) is 12.3. The molecule has 0 spiro atoms. The van der Waals surface area contributed by atoms with Crippen LogP contribution in [-0.4, -0.2) is 39.5 Å². The largest absolute Gasteiger partial charge is 0.463 e. The van der Waals surface area contributed by atoms with Crippen LogP contribution < -0.4 is 9.62 Å². The van der Waals surface area contributed by atoms with Gasteiger partial charge in [-0.2, -0.15) is 0 Å². The van der Waals surface area contributed by atoms with E-state index in [-0.39, 0.29) is 30.5 Å². The van der Waals surface area contributed by atoms with Crippen LogP contribution in [0.25, 0.3) is 10.8 Å². The van der Waals surface area contributed by atoms with E-state index in [2.05, 4.69) is 5.32 Å². The molecule has 8 heteroatoms. The van der Waals surface area contributed by atoms with Crippen molar-refractivity contribution in [1.82, 2.24) is 5.32 Å². The van der Waals surface area contributed by atoms with Gasteiger partial charge in [0.15, 0.2) is 0 Å². The highest BCUT2D eigenvalue weighted by Gasteiger charge is 2.36. The fourth-order valence-corrected chi connectivity index (χ4v) is 4.61. The Labute approximate surface area is 152 Å². The van der Waals surface area contributed by atoms with E-state index in [1.165, 1.54) is 0 Å². The fourth-order valence-electron chi connectivity index (χ4n) is 2.94. The third kappa shape index (κ3) is 3.37. The second kappa shape index (κ2) is 6.95. The van der Waals surface area contributed by atoms with Crippen LogP contribution in [0.3, 0.4) is 0 Å². The number of ether oxygens (including phenoxy) is 1. The number of sulfonamides is 1. The van der Waals surface area contributed by atoms with Crippen LogP contribution in [-0.2, 0) is 24.3 Å². The van der Waals surface area contributed by atoms with E-state index in [1.54, 1.807) is 38.1 Å². The zero-order valence-electron chi connectivity index (χ0n) is 14.6. The molecule has 7 nitrogen and oxygen atoms in total. The summed E-state index contributed by atoms with van der Waals surface area (Å²) in [6.45, 7) is 3.24.